The predicted molar refractivity (Wildman–Crippen MR) is 85.7 cm³/mol. The molecule has 0 unspecified atom stereocenters. The minimum atomic E-state index is -4.70. The molecule has 0 spiro atoms. The summed E-state index contributed by atoms with van der Waals surface area (Å²) in [6.45, 7) is -1.25. The summed E-state index contributed by atoms with van der Waals surface area (Å²) < 4.78 is 44.6. The average Bonchev–Trinajstić information content (AvgIpc) is 3.22. The smallest absolute Gasteiger partial charge is 0.394 e. The van der Waals surface area contributed by atoms with Crippen molar-refractivity contribution in [3.05, 3.63) is 47.2 Å². The lowest BCUT2D eigenvalue weighted by Crippen LogP contribution is -2.34. The molecule has 1 N–H and O–H groups in total. The monoisotopic (exact) mass is 387 g/mol. The summed E-state index contributed by atoms with van der Waals surface area (Å²) in [5.41, 5.74) is 0.534. The third-order valence-corrected chi connectivity index (χ3v) is 4.63. The summed E-state index contributed by atoms with van der Waals surface area (Å²) in [7, 11) is 0. The zero-order valence-corrected chi connectivity index (χ0v) is 13.9. The van der Waals surface area contributed by atoms with Gasteiger partial charge in [0.05, 0.1) is 16.9 Å². The molecule has 5 nitrogen and oxygen atoms in total. The van der Waals surface area contributed by atoms with Gasteiger partial charge in [0.25, 0.3) is 5.91 Å². The van der Waals surface area contributed by atoms with Gasteiger partial charge in [-0.1, -0.05) is 23.7 Å². The third-order valence-electron chi connectivity index (χ3n) is 4.30. The normalized spacial score (nSPS) is 20.4. The lowest BCUT2D eigenvalue weighted by atomic mass is 9.96. The topological polar surface area (TPSA) is 70.8 Å². The number of hydrogen-bond acceptors (Lipinski definition) is 3. The molecule has 138 valence electrons. The highest BCUT2D eigenvalue weighted by Crippen LogP contribution is 2.38. The standard InChI is InChI=1S/C17H13ClF3NO4/c18-12-4-2-1-3-9(12)13-5-6-14(26-13)15(23)22-7-10(16(24)25)11(8-22)17(19,20)21/h1-6,10-11H,7-8H2,(H,24,25)/t10-,11-/m1/s1. The fourth-order valence-electron chi connectivity index (χ4n) is 2.97. The van der Waals surface area contributed by atoms with Crippen molar-refractivity contribution in [2.75, 3.05) is 13.1 Å². The molecule has 9 heteroatoms. The summed E-state index contributed by atoms with van der Waals surface area (Å²) in [6.07, 6.45) is -4.70. The Morgan fingerprint density at radius 1 is 1.15 bits per heavy atom. The Kier molecular flexibility index (Phi) is 4.70. The van der Waals surface area contributed by atoms with E-state index >= 15 is 0 Å². The van der Waals surface area contributed by atoms with E-state index in [1.807, 2.05) is 0 Å². The number of aliphatic carboxylic acids is 1. The van der Waals surface area contributed by atoms with Crippen LogP contribution in [0.25, 0.3) is 11.3 Å². The molecule has 2 heterocycles. The van der Waals surface area contributed by atoms with E-state index < -0.39 is 43.0 Å². The zero-order valence-electron chi connectivity index (χ0n) is 13.2. The van der Waals surface area contributed by atoms with Gasteiger partial charge in [0.2, 0.25) is 0 Å². The fourth-order valence-corrected chi connectivity index (χ4v) is 3.19. The van der Waals surface area contributed by atoms with Crippen LogP contribution in [0.4, 0.5) is 13.2 Å². The molecule has 2 atom stereocenters. The number of rotatable bonds is 3. The van der Waals surface area contributed by atoms with E-state index in [0.717, 1.165) is 4.90 Å². The van der Waals surface area contributed by atoms with E-state index in [1.165, 1.54) is 12.1 Å². The summed E-state index contributed by atoms with van der Waals surface area (Å²) in [6, 6.07) is 9.56. The third kappa shape index (κ3) is 3.41. The molecule has 1 aliphatic rings. The van der Waals surface area contributed by atoms with Crippen LogP contribution >= 0.6 is 11.6 Å². The van der Waals surface area contributed by atoms with Crippen LogP contribution in [0.3, 0.4) is 0 Å². The molecule has 0 aliphatic carbocycles. The van der Waals surface area contributed by atoms with E-state index in [9.17, 15) is 22.8 Å². The molecule has 1 fully saturated rings. The molecule has 1 aliphatic heterocycles. The van der Waals surface area contributed by atoms with Crippen LogP contribution in [0.2, 0.25) is 5.02 Å². The number of halogens is 4. The first kappa shape index (κ1) is 18.3. The minimum Gasteiger partial charge on any atom is -0.481 e. The van der Waals surface area contributed by atoms with Gasteiger partial charge >= 0.3 is 12.1 Å². The van der Waals surface area contributed by atoms with Gasteiger partial charge in [-0.15, -0.1) is 0 Å². The number of carboxylic acids is 1. The molecule has 1 aromatic carbocycles. The second kappa shape index (κ2) is 6.68. The Bertz CT molecular complexity index is 849. The second-order valence-electron chi connectivity index (χ2n) is 5.95. The maximum Gasteiger partial charge on any atom is 0.394 e. The number of furan rings is 1. The van der Waals surface area contributed by atoms with E-state index in [2.05, 4.69) is 0 Å². The first-order valence-corrected chi connectivity index (χ1v) is 8.00. The Morgan fingerprint density at radius 2 is 1.85 bits per heavy atom. The van der Waals surface area contributed by atoms with Gasteiger partial charge in [0.1, 0.15) is 5.76 Å². The number of hydrogen-bond donors (Lipinski definition) is 1. The van der Waals surface area contributed by atoms with E-state index in [-0.39, 0.29) is 5.76 Å². The Balaban J connectivity index is 1.82. The molecule has 0 radical (unpaired) electrons. The fraction of sp³-hybridized carbons (Fsp3) is 0.294. The van der Waals surface area contributed by atoms with Crippen molar-refractivity contribution in [3.8, 4) is 11.3 Å². The lowest BCUT2D eigenvalue weighted by molar-refractivity contribution is -0.187. The van der Waals surface area contributed by atoms with E-state index in [4.69, 9.17) is 21.1 Å². The summed E-state index contributed by atoms with van der Waals surface area (Å²) in [5, 5.41) is 9.42. The molecule has 1 amide bonds. The number of benzene rings is 1. The summed E-state index contributed by atoms with van der Waals surface area (Å²) >= 11 is 6.05. The van der Waals surface area contributed by atoms with Crippen LogP contribution in [-0.4, -0.2) is 41.1 Å². The largest absolute Gasteiger partial charge is 0.481 e. The Morgan fingerprint density at radius 3 is 2.42 bits per heavy atom. The highest BCUT2D eigenvalue weighted by Gasteiger charge is 2.53. The van der Waals surface area contributed by atoms with Crippen molar-refractivity contribution >= 4 is 23.5 Å². The highest BCUT2D eigenvalue weighted by atomic mass is 35.5. The number of alkyl halides is 3. The molecule has 0 saturated carbocycles. The van der Waals surface area contributed by atoms with Gasteiger partial charge in [-0.2, -0.15) is 13.2 Å². The highest BCUT2D eigenvalue weighted by molar-refractivity contribution is 6.33. The Labute approximate surface area is 151 Å². The molecule has 26 heavy (non-hydrogen) atoms. The van der Waals surface area contributed by atoms with Crippen LogP contribution in [0.5, 0.6) is 0 Å². The predicted octanol–water partition coefficient (Wildman–Crippen LogP) is 3.94. The molecule has 2 aromatic rings. The number of likely N-dealkylation sites (tertiary alicyclic amines) is 1. The van der Waals surface area contributed by atoms with Crippen molar-refractivity contribution in [2.24, 2.45) is 11.8 Å². The van der Waals surface area contributed by atoms with E-state index in [0.29, 0.717) is 16.3 Å². The van der Waals surface area contributed by atoms with Gasteiger partial charge in [0.15, 0.2) is 5.76 Å². The SMILES string of the molecule is O=C(O)[C@@H]1CN(C(=O)c2ccc(-c3ccccc3Cl)o2)C[C@H]1C(F)(F)F. The number of nitrogens with zero attached hydrogens (tertiary/aromatic N) is 1. The lowest BCUT2D eigenvalue weighted by Gasteiger charge is -2.17. The van der Waals surface area contributed by atoms with Crippen LogP contribution < -0.4 is 0 Å². The molecular formula is C17H13ClF3NO4. The second-order valence-corrected chi connectivity index (χ2v) is 6.35. The van der Waals surface area contributed by atoms with Gasteiger partial charge in [-0.3, -0.25) is 9.59 Å². The van der Waals surface area contributed by atoms with Crippen molar-refractivity contribution in [1.82, 2.24) is 4.90 Å². The molecule has 1 saturated heterocycles. The summed E-state index contributed by atoms with van der Waals surface area (Å²) in [4.78, 5) is 24.4. The maximum atomic E-state index is 13.0. The summed E-state index contributed by atoms with van der Waals surface area (Å²) in [5.74, 6) is -6.06. The number of amides is 1. The van der Waals surface area contributed by atoms with Gasteiger partial charge in [-0.25, -0.2) is 0 Å². The van der Waals surface area contributed by atoms with Crippen molar-refractivity contribution in [2.45, 2.75) is 6.18 Å². The Hall–Kier alpha value is -2.48. The maximum absolute atomic E-state index is 13.0. The van der Waals surface area contributed by atoms with Crippen molar-refractivity contribution in [3.63, 3.8) is 0 Å². The first-order valence-electron chi connectivity index (χ1n) is 7.62. The van der Waals surface area contributed by atoms with Gasteiger partial charge < -0.3 is 14.4 Å². The first-order chi connectivity index (χ1) is 12.2. The molecule has 3 rings (SSSR count). The van der Waals surface area contributed by atoms with Gasteiger partial charge in [-0.05, 0) is 24.3 Å². The molecule has 0 bridgehead atoms. The molecular weight excluding hydrogens is 375 g/mol. The number of carboxylic acid groups (broad SMARTS) is 1. The van der Waals surface area contributed by atoms with Crippen LogP contribution in [-0.2, 0) is 4.79 Å². The van der Waals surface area contributed by atoms with Crippen LogP contribution in [0.1, 0.15) is 10.6 Å². The minimum absolute atomic E-state index is 0.174. The van der Waals surface area contributed by atoms with Crippen molar-refractivity contribution in [1.29, 1.82) is 0 Å². The quantitative estimate of drug-likeness (QED) is 0.866. The number of carbonyl (C=O) groups is 2. The number of carbonyl (C=O) groups excluding carboxylic acids is 1. The van der Waals surface area contributed by atoms with Crippen molar-refractivity contribution < 1.29 is 32.3 Å². The van der Waals surface area contributed by atoms with Crippen LogP contribution in [0, 0.1) is 11.8 Å². The molecule has 1 aromatic heterocycles. The van der Waals surface area contributed by atoms with E-state index in [1.54, 1.807) is 24.3 Å². The van der Waals surface area contributed by atoms with Crippen LogP contribution in [0.15, 0.2) is 40.8 Å². The van der Waals surface area contributed by atoms with Gasteiger partial charge in [0, 0.05) is 18.7 Å². The average molecular weight is 388 g/mol. The zero-order chi connectivity index (χ0) is 19.1.